The van der Waals surface area contributed by atoms with E-state index in [2.05, 4.69) is 15.4 Å². The van der Waals surface area contributed by atoms with E-state index in [4.69, 9.17) is 9.47 Å². The third-order valence-corrected chi connectivity index (χ3v) is 6.18. The van der Waals surface area contributed by atoms with E-state index in [1.807, 2.05) is 44.2 Å². The van der Waals surface area contributed by atoms with Crippen molar-refractivity contribution in [3.05, 3.63) is 65.3 Å². The Bertz CT molecular complexity index is 1380. The maximum absolute atomic E-state index is 12.6. The Balaban J connectivity index is 1.45. The quantitative estimate of drug-likeness (QED) is 0.354. The van der Waals surface area contributed by atoms with Crippen LogP contribution < -0.4 is 5.32 Å². The SMILES string of the molecule is CCOC(=O)c1sc(-c2ccccc2)cc1NC(=O)COC(=O)c1cnc2c(cnn2C(C)C)c1. The number of thiophene rings is 1. The van der Waals surface area contributed by atoms with Gasteiger partial charge < -0.3 is 14.8 Å². The number of fused-ring (bicyclic) bond motifs is 1. The van der Waals surface area contributed by atoms with E-state index in [1.165, 1.54) is 17.5 Å². The third kappa shape index (κ3) is 5.38. The van der Waals surface area contributed by atoms with Crippen LogP contribution in [0.4, 0.5) is 5.69 Å². The van der Waals surface area contributed by atoms with Crippen molar-refractivity contribution in [3.63, 3.8) is 0 Å². The molecule has 0 aliphatic rings. The number of rotatable bonds is 8. The summed E-state index contributed by atoms with van der Waals surface area (Å²) in [7, 11) is 0. The predicted octanol–water partition coefficient (Wildman–Crippen LogP) is 4.71. The number of ether oxygens (including phenoxy) is 2. The van der Waals surface area contributed by atoms with Crippen LogP contribution in [-0.2, 0) is 14.3 Å². The maximum atomic E-state index is 12.6. The van der Waals surface area contributed by atoms with Crippen molar-refractivity contribution in [2.45, 2.75) is 26.8 Å². The second-order valence-corrected chi connectivity index (χ2v) is 8.94. The lowest BCUT2D eigenvalue weighted by Crippen LogP contribution is -2.21. The molecule has 0 aliphatic carbocycles. The topological polar surface area (TPSA) is 112 Å². The first-order valence-electron chi connectivity index (χ1n) is 11.0. The largest absolute Gasteiger partial charge is 0.462 e. The summed E-state index contributed by atoms with van der Waals surface area (Å²) >= 11 is 1.22. The summed E-state index contributed by atoms with van der Waals surface area (Å²) < 4.78 is 12.1. The van der Waals surface area contributed by atoms with Crippen molar-refractivity contribution in [1.82, 2.24) is 14.8 Å². The molecule has 1 N–H and O–H groups in total. The van der Waals surface area contributed by atoms with Crippen LogP contribution >= 0.6 is 11.3 Å². The molecule has 0 fully saturated rings. The van der Waals surface area contributed by atoms with Crippen molar-refractivity contribution >= 4 is 45.9 Å². The van der Waals surface area contributed by atoms with E-state index < -0.39 is 24.5 Å². The first-order valence-corrected chi connectivity index (χ1v) is 11.9. The fourth-order valence-corrected chi connectivity index (χ4v) is 4.42. The zero-order valence-corrected chi connectivity index (χ0v) is 20.3. The number of carbonyl (C=O) groups excluding carboxylic acids is 3. The average Bonchev–Trinajstić information content (AvgIpc) is 3.47. The Kier molecular flexibility index (Phi) is 7.21. The number of hydrogen-bond donors (Lipinski definition) is 1. The summed E-state index contributed by atoms with van der Waals surface area (Å²) in [6.07, 6.45) is 3.02. The van der Waals surface area contributed by atoms with E-state index in [-0.39, 0.29) is 23.1 Å². The molecule has 3 heterocycles. The summed E-state index contributed by atoms with van der Waals surface area (Å²) in [6, 6.07) is 12.9. The summed E-state index contributed by atoms with van der Waals surface area (Å²) in [5, 5.41) is 7.63. The summed E-state index contributed by atoms with van der Waals surface area (Å²) in [6.45, 7) is 5.36. The normalized spacial score (nSPS) is 11.0. The molecule has 0 unspecified atom stereocenters. The molecule has 1 aromatic carbocycles. The van der Waals surface area contributed by atoms with Crippen LogP contribution in [0.15, 0.2) is 54.9 Å². The molecular formula is C25H24N4O5S. The van der Waals surface area contributed by atoms with E-state index in [0.717, 1.165) is 10.4 Å². The van der Waals surface area contributed by atoms with E-state index >= 15 is 0 Å². The van der Waals surface area contributed by atoms with Crippen LogP contribution in [0.25, 0.3) is 21.5 Å². The van der Waals surface area contributed by atoms with Gasteiger partial charge in [-0.15, -0.1) is 11.3 Å². The third-order valence-electron chi connectivity index (χ3n) is 5.02. The first kappa shape index (κ1) is 24.1. The van der Waals surface area contributed by atoms with Gasteiger partial charge in [0.25, 0.3) is 5.91 Å². The van der Waals surface area contributed by atoms with Crippen molar-refractivity contribution < 1.29 is 23.9 Å². The Labute approximate surface area is 205 Å². The van der Waals surface area contributed by atoms with Gasteiger partial charge in [-0.05, 0) is 38.5 Å². The van der Waals surface area contributed by atoms with Crippen LogP contribution in [0.3, 0.4) is 0 Å². The molecule has 0 atom stereocenters. The van der Waals surface area contributed by atoms with Crippen molar-refractivity contribution in [2.24, 2.45) is 0 Å². The van der Waals surface area contributed by atoms with E-state index in [0.29, 0.717) is 16.7 Å². The van der Waals surface area contributed by atoms with Crippen LogP contribution in [0.1, 0.15) is 46.8 Å². The van der Waals surface area contributed by atoms with Gasteiger partial charge in [0.1, 0.15) is 4.88 Å². The zero-order chi connectivity index (χ0) is 24.9. The Morgan fingerprint density at radius 2 is 1.83 bits per heavy atom. The molecule has 0 saturated heterocycles. The second-order valence-electron chi connectivity index (χ2n) is 7.88. The highest BCUT2D eigenvalue weighted by atomic mass is 32.1. The molecule has 180 valence electrons. The van der Waals surface area contributed by atoms with Gasteiger partial charge in [-0.2, -0.15) is 5.10 Å². The lowest BCUT2D eigenvalue weighted by atomic mass is 10.2. The Hall–Kier alpha value is -4.05. The minimum Gasteiger partial charge on any atom is -0.462 e. The van der Waals surface area contributed by atoms with E-state index in [1.54, 1.807) is 29.9 Å². The van der Waals surface area contributed by atoms with Crippen LogP contribution in [0.5, 0.6) is 0 Å². The smallest absolute Gasteiger partial charge is 0.350 e. The molecule has 0 aliphatic heterocycles. The fourth-order valence-electron chi connectivity index (χ4n) is 3.41. The molecule has 0 radical (unpaired) electrons. The molecule has 10 heteroatoms. The molecule has 4 rings (SSSR count). The Morgan fingerprint density at radius 3 is 2.54 bits per heavy atom. The lowest BCUT2D eigenvalue weighted by Gasteiger charge is -2.08. The van der Waals surface area contributed by atoms with Gasteiger partial charge in [0.15, 0.2) is 12.3 Å². The van der Waals surface area contributed by atoms with Crippen LogP contribution in [0, 0.1) is 0 Å². The van der Waals surface area contributed by atoms with Gasteiger partial charge >= 0.3 is 11.9 Å². The molecule has 4 aromatic rings. The van der Waals surface area contributed by atoms with Gasteiger partial charge in [-0.1, -0.05) is 30.3 Å². The number of anilines is 1. The minimum atomic E-state index is -0.687. The molecule has 0 bridgehead atoms. The number of nitrogens with zero attached hydrogens (tertiary/aromatic N) is 3. The highest BCUT2D eigenvalue weighted by Crippen LogP contribution is 2.35. The van der Waals surface area contributed by atoms with Crippen molar-refractivity contribution in [2.75, 3.05) is 18.5 Å². The summed E-state index contributed by atoms with van der Waals surface area (Å²) in [5.41, 5.74) is 2.08. The molecule has 9 nitrogen and oxygen atoms in total. The molecule has 0 saturated carbocycles. The maximum Gasteiger partial charge on any atom is 0.350 e. The standard InChI is InChI=1S/C25H24N4O5S/c1-4-33-25(32)22-19(11-20(35-22)16-8-6-5-7-9-16)28-21(30)14-34-24(31)18-10-17-13-27-29(15(2)3)23(17)26-12-18/h5-13,15H,4,14H2,1-3H3,(H,28,30). The van der Waals surface area contributed by atoms with Crippen LogP contribution in [-0.4, -0.2) is 45.8 Å². The summed E-state index contributed by atoms with van der Waals surface area (Å²) in [5.74, 6) is -1.80. The highest BCUT2D eigenvalue weighted by molar-refractivity contribution is 7.18. The minimum absolute atomic E-state index is 0.125. The summed E-state index contributed by atoms with van der Waals surface area (Å²) in [4.78, 5) is 42.8. The number of aromatic nitrogens is 3. The number of pyridine rings is 1. The lowest BCUT2D eigenvalue weighted by molar-refractivity contribution is -0.119. The Morgan fingerprint density at radius 1 is 1.06 bits per heavy atom. The van der Waals surface area contributed by atoms with Crippen LogP contribution in [0.2, 0.25) is 0 Å². The molecule has 3 aromatic heterocycles. The number of amides is 1. The first-order chi connectivity index (χ1) is 16.9. The number of esters is 2. The number of nitrogens with one attached hydrogen (secondary N) is 1. The average molecular weight is 493 g/mol. The molecule has 35 heavy (non-hydrogen) atoms. The molecular weight excluding hydrogens is 468 g/mol. The number of hydrogen-bond acceptors (Lipinski definition) is 8. The predicted molar refractivity (Wildman–Crippen MR) is 133 cm³/mol. The molecule has 1 amide bonds. The number of carbonyl (C=O) groups is 3. The van der Waals surface area contributed by atoms with Crippen molar-refractivity contribution in [3.8, 4) is 10.4 Å². The monoisotopic (exact) mass is 492 g/mol. The van der Waals surface area contributed by atoms with Gasteiger partial charge in [0.05, 0.1) is 24.1 Å². The van der Waals surface area contributed by atoms with Gasteiger partial charge in [-0.25, -0.2) is 19.3 Å². The second kappa shape index (κ2) is 10.5. The van der Waals surface area contributed by atoms with Crippen molar-refractivity contribution in [1.29, 1.82) is 0 Å². The van der Waals surface area contributed by atoms with Gasteiger partial charge in [-0.3, -0.25) is 4.79 Å². The fraction of sp³-hybridized carbons (Fsp3) is 0.240. The van der Waals surface area contributed by atoms with E-state index in [9.17, 15) is 14.4 Å². The van der Waals surface area contributed by atoms with Gasteiger partial charge in [0, 0.05) is 22.5 Å². The molecule has 0 spiro atoms. The highest BCUT2D eigenvalue weighted by Gasteiger charge is 2.21. The van der Waals surface area contributed by atoms with Gasteiger partial charge in [0.2, 0.25) is 0 Å². The zero-order valence-electron chi connectivity index (χ0n) is 19.5. The number of benzene rings is 1.